The van der Waals surface area contributed by atoms with E-state index in [0.717, 1.165) is 35.0 Å². The molecule has 0 aromatic carbocycles. The molecule has 0 fully saturated rings. The highest BCUT2D eigenvalue weighted by Crippen LogP contribution is 2.35. The summed E-state index contributed by atoms with van der Waals surface area (Å²) in [6, 6.07) is 0. The van der Waals surface area contributed by atoms with Crippen LogP contribution in [0.25, 0.3) is 10.2 Å². The SMILES string of the molecule is COCCn1c(SCC(=O)OC)nc2sc3c(c2c1=O)CCC3. The van der Waals surface area contributed by atoms with Crippen LogP contribution in [-0.4, -0.2) is 42.1 Å². The molecule has 2 aromatic heterocycles. The molecule has 0 saturated carbocycles. The second-order valence-corrected chi connectivity index (χ2v) is 7.27. The lowest BCUT2D eigenvalue weighted by Gasteiger charge is -2.11. The van der Waals surface area contributed by atoms with Gasteiger partial charge in [0.2, 0.25) is 0 Å². The zero-order valence-corrected chi connectivity index (χ0v) is 14.7. The van der Waals surface area contributed by atoms with Crippen molar-refractivity contribution < 1.29 is 14.3 Å². The maximum Gasteiger partial charge on any atom is 0.316 e. The molecule has 0 saturated heterocycles. The number of carbonyl (C=O) groups is 1. The van der Waals surface area contributed by atoms with E-state index >= 15 is 0 Å². The molecule has 1 aliphatic rings. The summed E-state index contributed by atoms with van der Waals surface area (Å²) in [5, 5.41) is 1.30. The molecule has 1 aliphatic carbocycles. The molecule has 0 atom stereocenters. The minimum atomic E-state index is -0.337. The Kier molecular flexibility index (Phi) is 5.03. The number of rotatable bonds is 6. The van der Waals surface area contributed by atoms with Crippen molar-refractivity contribution in [3.05, 3.63) is 20.8 Å². The molecule has 23 heavy (non-hydrogen) atoms. The molecular formula is C15H18N2O4S2. The van der Waals surface area contributed by atoms with Gasteiger partial charge >= 0.3 is 5.97 Å². The number of aromatic nitrogens is 2. The smallest absolute Gasteiger partial charge is 0.316 e. The molecule has 2 aromatic rings. The summed E-state index contributed by atoms with van der Waals surface area (Å²) >= 11 is 2.83. The molecule has 3 rings (SSSR count). The van der Waals surface area contributed by atoms with Crippen molar-refractivity contribution in [2.24, 2.45) is 0 Å². The maximum atomic E-state index is 12.9. The molecule has 0 radical (unpaired) electrons. The van der Waals surface area contributed by atoms with E-state index in [9.17, 15) is 9.59 Å². The Labute approximate surface area is 141 Å². The van der Waals surface area contributed by atoms with Gasteiger partial charge in [0.1, 0.15) is 4.83 Å². The normalized spacial score (nSPS) is 13.5. The van der Waals surface area contributed by atoms with E-state index in [1.54, 1.807) is 23.0 Å². The van der Waals surface area contributed by atoms with Gasteiger partial charge in [-0.1, -0.05) is 11.8 Å². The number of methoxy groups -OCH3 is 2. The number of esters is 1. The van der Waals surface area contributed by atoms with Crippen molar-refractivity contribution in [3.8, 4) is 0 Å². The Hall–Kier alpha value is -1.38. The van der Waals surface area contributed by atoms with Crippen molar-refractivity contribution >= 4 is 39.3 Å². The van der Waals surface area contributed by atoms with Crippen LogP contribution in [0, 0.1) is 0 Å². The fraction of sp³-hybridized carbons (Fsp3) is 0.533. The maximum absolute atomic E-state index is 12.9. The highest BCUT2D eigenvalue weighted by molar-refractivity contribution is 7.99. The summed E-state index contributed by atoms with van der Waals surface area (Å²) in [7, 11) is 2.95. The van der Waals surface area contributed by atoms with Crippen molar-refractivity contribution in [3.63, 3.8) is 0 Å². The van der Waals surface area contributed by atoms with Crippen LogP contribution in [0.5, 0.6) is 0 Å². The lowest BCUT2D eigenvalue weighted by Crippen LogP contribution is -2.25. The Morgan fingerprint density at radius 1 is 1.39 bits per heavy atom. The van der Waals surface area contributed by atoms with E-state index in [4.69, 9.17) is 4.74 Å². The molecule has 0 amide bonds. The summed E-state index contributed by atoms with van der Waals surface area (Å²) in [4.78, 5) is 31.0. The molecule has 0 bridgehead atoms. The standard InChI is InChI=1S/C15H18N2O4S2/c1-20-7-6-17-14(19)12-9-4-3-5-10(9)23-13(12)16-15(17)22-8-11(18)21-2/h3-8H2,1-2H3. The average Bonchev–Trinajstić information content (AvgIpc) is 3.12. The molecule has 0 unspecified atom stereocenters. The third-order valence-corrected chi connectivity index (χ3v) is 5.99. The van der Waals surface area contributed by atoms with Crippen LogP contribution in [0.1, 0.15) is 16.9 Å². The monoisotopic (exact) mass is 354 g/mol. The molecule has 0 aliphatic heterocycles. The van der Waals surface area contributed by atoms with Crippen LogP contribution in [0.2, 0.25) is 0 Å². The van der Waals surface area contributed by atoms with E-state index in [2.05, 4.69) is 9.72 Å². The zero-order chi connectivity index (χ0) is 16.4. The molecule has 8 heteroatoms. The van der Waals surface area contributed by atoms with Crippen LogP contribution >= 0.6 is 23.1 Å². The number of hydrogen-bond donors (Lipinski definition) is 0. The minimum absolute atomic E-state index is 0.0289. The first-order chi connectivity index (χ1) is 11.2. The highest BCUT2D eigenvalue weighted by Gasteiger charge is 2.23. The Morgan fingerprint density at radius 2 is 2.22 bits per heavy atom. The third kappa shape index (κ3) is 3.15. The first-order valence-electron chi connectivity index (χ1n) is 7.39. The number of thioether (sulfide) groups is 1. The first-order valence-corrected chi connectivity index (χ1v) is 9.19. The number of thiophene rings is 1. The number of aryl methyl sites for hydroxylation is 2. The van der Waals surface area contributed by atoms with Gasteiger partial charge in [-0.05, 0) is 24.8 Å². The number of hydrogen-bond acceptors (Lipinski definition) is 7. The van der Waals surface area contributed by atoms with Crippen molar-refractivity contribution in [2.75, 3.05) is 26.6 Å². The average molecular weight is 354 g/mol. The van der Waals surface area contributed by atoms with E-state index in [1.165, 1.54) is 23.7 Å². The fourth-order valence-corrected chi connectivity index (χ4v) is 4.89. The molecule has 124 valence electrons. The number of ether oxygens (including phenoxy) is 2. The highest BCUT2D eigenvalue weighted by atomic mass is 32.2. The van der Waals surface area contributed by atoms with Gasteiger partial charge in [-0.2, -0.15) is 0 Å². The Balaban J connectivity index is 2.06. The minimum Gasteiger partial charge on any atom is -0.468 e. The number of fused-ring (bicyclic) bond motifs is 3. The van der Waals surface area contributed by atoms with Gasteiger partial charge in [-0.15, -0.1) is 11.3 Å². The van der Waals surface area contributed by atoms with Crippen molar-refractivity contribution in [1.82, 2.24) is 9.55 Å². The van der Waals surface area contributed by atoms with E-state index in [1.807, 2.05) is 0 Å². The van der Waals surface area contributed by atoms with Gasteiger partial charge in [0.05, 0.1) is 31.4 Å². The quantitative estimate of drug-likeness (QED) is 0.448. The van der Waals surface area contributed by atoms with Crippen LogP contribution < -0.4 is 5.56 Å². The predicted molar refractivity (Wildman–Crippen MR) is 90.5 cm³/mol. The Morgan fingerprint density at radius 3 is 2.96 bits per heavy atom. The third-order valence-electron chi connectivity index (χ3n) is 3.86. The van der Waals surface area contributed by atoms with Gasteiger partial charge in [-0.25, -0.2) is 4.98 Å². The predicted octanol–water partition coefficient (Wildman–Crippen LogP) is 1.86. The summed E-state index contributed by atoms with van der Waals surface area (Å²) < 4.78 is 11.4. The van der Waals surface area contributed by atoms with Crippen LogP contribution in [-0.2, 0) is 33.7 Å². The molecule has 2 heterocycles. The van der Waals surface area contributed by atoms with Crippen molar-refractivity contribution in [1.29, 1.82) is 0 Å². The summed E-state index contributed by atoms with van der Waals surface area (Å²) in [5.74, 6) is -0.205. The largest absolute Gasteiger partial charge is 0.468 e. The van der Waals surface area contributed by atoms with E-state index in [-0.39, 0.29) is 17.3 Å². The van der Waals surface area contributed by atoms with Gasteiger partial charge in [-0.3, -0.25) is 14.2 Å². The van der Waals surface area contributed by atoms with Gasteiger partial charge in [0.25, 0.3) is 5.56 Å². The lowest BCUT2D eigenvalue weighted by molar-refractivity contribution is -0.137. The first kappa shape index (κ1) is 16.5. The van der Waals surface area contributed by atoms with Crippen LogP contribution in [0.4, 0.5) is 0 Å². The van der Waals surface area contributed by atoms with Gasteiger partial charge in [0, 0.05) is 12.0 Å². The summed E-state index contributed by atoms with van der Waals surface area (Å²) in [5.41, 5.74) is 1.14. The van der Waals surface area contributed by atoms with Gasteiger partial charge in [0.15, 0.2) is 5.16 Å². The zero-order valence-electron chi connectivity index (χ0n) is 13.1. The molecular weight excluding hydrogens is 336 g/mol. The van der Waals surface area contributed by atoms with Crippen LogP contribution in [0.3, 0.4) is 0 Å². The molecule has 6 nitrogen and oxygen atoms in total. The topological polar surface area (TPSA) is 70.4 Å². The molecule has 0 N–H and O–H groups in total. The summed E-state index contributed by atoms with van der Waals surface area (Å²) in [6.07, 6.45) is 3.08. The second-order valence-electron chi connectivity index (χ2n) is 5.25. The number of carbonyl (C=O) groups excluding carboxylic acids is 1. The molecule has 0 spiro atoms. The second kappa shape index (κ2) is 7.02. The van der Waals surface area contributed by atoms with E-state index < -0.39 is 0 Å². The Bertz CT molecular complexity index is 797. The van der Waals surface area contributed by atoms with Crippen molar-refractivity contribution in [2.45, 2.75) is 31.0 Å². The number of nitrogens with zero attached hydrogens (tertiary/aromatic N) is 2. The lowest BCUT2D eigenvalue weighted by atomic mass is 10.2. The van der Waals surface area contributed by atoms with E-state index in [0.29, 0.717) is 18.3 Å². The summed E-state index contributed by atoms with van der Waals surface area (Å²) in [6.45, 7) is 0.845. The van der Waals surface area contributed by atoms with Crippen LogP contribution in [0.15, 0.2) is 9.95 Å². The fourth-order valence-electron chi connectivity index (χ4n) is 2.73. The van der Waals surface area contributed by atoms with Gasteiger partial charge < -0.3 is 9.47 Å².